The van der Waals surface area contributed by atoms with Gasteiger partial charge in [-0.3, -0.25) is 4.79 Å². The van der Waals surface area contributed by atoms with Crippen molar-refractivity contribution in [3.8, 4) is 11.5 Å². The standard InChI is InChI=1S/C21H24FNO6S/c1-27-19-10-15-7-8-23(30(25,26)13-14-5-4-6-16(22)9-14)18(12-21(24)29-3)17(15)11-20(19)28-2/h4-6,9-11,18H,7-8,12-13H2,1-3H3. The first kappa shape index (κ1) is 22.0. The molecule has 1 atom stereocenters. The molecule has 0 bridgehead atoms. The summed E-state index contributed by atoms with van der Waals surface area (Å²) in [4.78, 5) is 12.1. The molecule has 162 valence electrons. The molecule has 0 fully saturated rings. The number of nitrogens with zero attached hydrogens (tertiary/aromatic N) is 1. The van der Waals surface area contributed by atoms with Crippen LogP contribution >= 0.6 is 0 Å². The predicted molar refractivity (Wildman–Crippen MR) is 108 cm³/mol. The van der Waals surface area contributed by atoms with E-state index in [4.69, 9.17) is 14.2 Å². The molecule has 0 spiro atoms. The second-order valence-electron chi connectivity index (χ2n) is 6.95. The Balaban J connectivity index is 2.02. The molecular weight excluding hydrogens is 413 g/mol. The van der Waals surface area contributed by atoms with Crippen molar-refractivity contribution >= 4 is 16.0 Å². The molecule has 9 heteroatoms. The first-order valence-corrected chi connectivity index (χ1v) is 11.0. The van der Waals surface area contributed by atoms with Gasteiger partial charge in [-0.05, 0) is 47.4 Å². The number of hydrogen-bond acceptors (Lipinski definition) is 6. The minimum absolute atomic E-state index is 0.151. The van der Waals surface area contributed by atoms with Crippen LogP contribution in [0, 0.1) is 5.82 Å². The fourth-order valence-electron chi connectivity index (χ4n) is 3.71. The van der Waals surface area contributed by atoms with E-state index in [1.807, 2.05) is 0 Å². The Morgan fingerprint density at radius 3 is 2.47 bits per heavy atom. The Morgan fingerprint density at radius 2 is 1.83 bits per heavy atom. The summed E-state index contributed by atoms with van der Waals surface area (Å²) >= 11 is 0. The fourth-order valence-corrected chi connectivity index (χ4v) is 5.42. The Kier molecular flexibility index (Phi) is 6.62. The summed E-state index contributed by atoms with van der Waals surface area (Å²) in [6, 6.07) is 8.21. The number of carbonyl (C=O) groups excluding carboxylic acids is 1. The minimum atomic E-state index is -3.85. The van der Waals surface area contributed by atoms with Crippen LogP contribution in [0.1, 0.15) is 29.2 Å². The van der Waals surface area contributed by atoms with Gasteiger partial charge in [0.2, 0.25) is 10.0 Å². The van der Waals surface area contributed by atoms with E-state index in [1.54, 1.807) is 18.2 Å². The van der Waals surface area contributed by atoms with Gasteiger partial charge in [0.05, 0.1) is 39.5 Å². The minimum Gasteiger partial charge on any atom is -0.493 e. The second kappa shape index (κ2) is 9.01. The highest BCUT2D eigenvalue weighted by atomic mass is 32.2. The summed E-state index contributed by atoms with van der Waals surface area (Å²) in [6.07, 6.45) is 0.289. The predicted octanol–water partition coefficient (Wildman–Crippen LogP) is 2.84. The topological polar surface area (TPSA) is 82.1 Å². The van der Waals surface area contributed by atoms with E-state index in [9.17, 15) is 17.6 Å². The lowest BCUT2D eigenvalue weighted by atomic mass is 9.91. The van der Waals surface area contributed by atoms with Gasteiger partial charge >= 0.3 is 5.97 Å². The van der Waals surface area contributed by atoms with Crippen molar-refractivity contribution in [3.05, 3.63) is 58.9 Å². The number of benzene rings is 2. The molecule has 0 amide bonds. The fraction of sp³-hybridized carbons (Fsp3) is 0.381. The zero-order valence-electron chi connectivity index (χ0n) is 17.1. The second-order valence-corrected chi connectivity index (χ2v) is 8.87. The van der Waals surface area contributed by atoms with E-state index in [0.717, 1.165) is 5.56 Å². The van der Waals surface area contributed by atoms with Gasteiger partial charge in [0, 0.05) is 6.54 Å². The number of hydrogen-bond donors (Lipinski definition) is 0. The average Bonchev–Trinajstić information content (AvgIpc) is 2.72. The number of rotatable bonds is 7. The van der Waals surface area contributed by atoms with Gasteiger partial charge in [-0.25, -0.2) is 12.8 Å². The van der Waals surface area contributed by atoms with E-state index in [0.29, 0.717) is 29.0 Å². The molecule has 3 rings (SSSR count). The zero-order valence-corrected chi connectivity index (χ0v) is 17.9. The van der Waals surface area contributed by atoms with Crippen LogP contribution in [-0.2, 0) is 31.7 Å². The molecule has 2 aromatic carbocycles. The van der Waals surface area contributed by atoms with Crippen molar-refractivity contribution in [2.75, 3.05) is 27.9 Å². The van der Waals surface area contributed by atoms with Crippen LogP contribution in [0.2, 0.25) is 0 Å². The monoisotopic (exact) mass is 437 g/mol. The molecule has 0 aromatic heterocycles. The van der Waals surface area contributed by atoms with Crippen LogP contribution in [0.5, 0.6) is 11.5 Å². The number of fused-ring (bicyclic) bond motifs is 1. The Bertz CT molecular complexity index is 1040. The third-order valence-electron chi connectivity index (χ3n) is 5.14. The highest BCUT2D eigenvalue weighted by molar-refractivity contribution is 7.88. The van der Waals surface area contributed by atoms with Gasteiger partial charge in [-0.15, -0.1) is 0 Å². The summed E-state index contributed by atoms with van der Waals surface area (Å²) in [5, 5.41) is 0. The van der Waals surface area contributed by atoms with E-state index >= 15 is 0 Å². The maximum Gasteiger partial charge on any atom is 0.307 e. The van der Waals surface area contributed by atoms with E-state index in [1.165, 1.54) is 43.8 Å². The molecular formula is C21H24FNO6S. The third-order valence-corrected chi connectivity index (χ3v) is 6.99. The van der Waals surface area contributed by atoms with Crippen molar-refractivity contribution in [1.29, 1.82) is 0 Å². The Hall–Kier alpha value is -2.65. The van der Waals surface area contributed by atoms with Crippen molar-refractivity contribution in [2.45, 2.75) is 24.6 Å². The summed E-state index contributed by atoms with van der Waals surface area (Å²) in [6.45, 7) is 0.182. The van der Waals surface area contributed by atoms with Crippen LogP contribution in [0.25, 0.3) is 0 Å². The summed E-state index contributed by atoms with van der Waals surface area (Å²) < 4.78 is 56.8. The van der Waals surface area contributed by atoms with Crippen LogP contribution in [0.4, 0.5) is 4.39 Å². The maximum atomic E-state index is 13.5. The molecule has 0 N–H and O–H groups in total. The van der Waals surface area contributed by atoms with E-state index in [2.05, 4.69) is 0 Å². The number of carbonyl (C=O) groups is 1. The number of ether oxygens (including phenoxy) is 3. The van der Waals surface area contributed by atoms with Crippen LogP contribution < -0.4 is 9.47 Å². The highest BCUT2D eigenvalue weighted by Crippen LogP contribution is 2.41. The summed E-state index contributed by atoms with van der Waals surface area (Å²) in [5.74, 6) is -0.437. The Labute approximate surface area is 175 Å². The van der Waals surface area contributed by atoms with Gasteiger partial charge in [-0.1, -0.05) is 12.1 Å². The molecule has 1 aliphatic rings. The first-order chi connectivity index (χ1) is 14.3. The SMILES string of the molecule is COC(=O)CC1c2cc(OC)c(OC)cc2CCN1S(=O)(=O)Cc1cccc(F)c1. The molecule has 7 nitrogen and oxygen atoms in total. The maximum absolute atomic E-state index is 13.5. The Morgan fingerprint density at radius 1 is 1.13 bits per heavy atom. The quantitative estimate of drug-likeness (QED) is 0.620. The number of halogens is 1. The van der Waals surface area contributed by atoms with E-state index in [-0.39, 0.29) is 18.7 Å². The van der Waals surface area contributed by atoms with Crippen molar-refractivity contribution in [1.82, 2.24) is 4.31 Å². The molecule has 2 aromatic rings. The largest absolute Gasteiger partial charge is 0.493 e. The van der Waals surface area contributed by atoms with Crippen molar-refractivity contribution in [2.24, 2.45) is 0 Å². The van der Waals surface area contributed by atoms with Gasteiger partial charge < -0.3 is 14.2 Å². The summed E-state index contributed by atoms with van der Waals surface area (Å²) in [5.41, 5.74) is 1.87. The zero-order chi connectivity index (χ0) is 21.9. The smallest absolute Gasteiger partial charge is 0.307 e. The molecule has 0 saturated heterocycles. The molecule has 0 saturated carbocycles. The van der Waals surface area contributed by atoms with Crippen molar-refractivity contribution in [3.63, 3.8) is 0 Å². The number of sulfonamides is 1. The number of methoxy groups -OCH3 is 3. The van der Waals surface area contributed by atoms with Crippen LogP contribution in [-0.4, -0.2) is 46.6 Å². The lowest BCUT2D eigenvalue weighted by Crippen LogP contribution is -2.41. The van der Waals surface area contributed by atoms with Gasteiger partial charge in [0.15, 0.2) is 11.5 Å². The van der Waals surface area contributed by atoms with Gasteiger partial charge in [0.1, 0.15) is 5.82 Å². The lowest BCUT2D eigenvalue weighted by Gasteiger charge is -2.36. The summed E-state index contributed by atoms with van der Waals surface area (Å²) in [7, 11) is 0.418. The molecule has 1 unspecified atom stereocenters. The van der Waals surface area contributed by atoms with E-state index < -0.39 is 27.9 Å². The first-order valence-electron chi connectivity index (χ1n) is 9.34. The van der Waals surface area contributed by atoms with Crippen molar-refractivity contribution < 1.29 is 31.8 Å². The molecule has 1 heterocycles. The molecule has 0 radical (unpaired) electrons. The highest BCUT2D eigenvalue weighted by Gasteiger charge is 2.37. The average molecular weight is 437 g/mol. The molecule has 1 aliphatic heterocycles. The lowest BCUT2D eigenvalue weighted by molar-refractivity contribution is -0.141. The number of esters is 1. The molecule has 30 heavy (non-hydrogen) atoms. The molecule has 0 aliphatic carbocycles. The van der Waals surface area contributed by atoms with Crippen LogP contribution in [0.15, 0.2) is 36.4 Å². The van der Waals surface area contributed by atoms with Gasteiger partial charge in [-0.2, -0.15) is 4.31 Å². The van der Waals surface area contributed by atoms with Gasteiger partial charge in [0.25, 0.3) is 0 Å². The normalized spacial score (nSPS) is 16.6. The van der Waals surface area contributed by atoms with Crippen LogP contribution in [0.3, 0.4) is 0 Å². The third kappa shape index (κ3) is 4.57.